The lowest BCUT2D eigenvalue weighted by Gasteiger charge is -2.08. The molecule has 2 rings (SSSR count). The minimum Gasteiger partial charge on any atom is -0.381 e. The number of carbonyl (C=O) groups is 1. The molecule has 0 radical (unpaired) electrons. The molecule has 0 bridgehead atoms. The SMILES string of the molecule is CCCCCc1cc(CC(=O)NCC2CCOC2)no1. The van der Waals surface area contributed by atoms with Gasteiger partial charge in [0, 0.05) is 31.6 Å². The van der Waals surface area contributed by atoms with E-state index in [4.69, 9.17) is 9.26 Å². The van der Waals surface area contributed by atoms with E-state index in [-0.39, 0.29) is 5.91 Å². The third-order valence-corrected chi connectivity index (χ3v) is 3.59. The number of nitrogens with zero attached hydrogens (tertiary/aromatic N) is 1. The summed E-state index contributed by atoms with van der Waals surface area (Å²) >= 11 is 0. The molecule has 0 aliphatic carbocycles. The third kappa shape index (κ3) is 4.96. The molecule has 0 spiro atoms. The Bertz CT molecular complexity index is 411. The number of unbranched alkanes of at least 4 members (excludes halogenated alkanes) is 2. The number of hydrogen-bond acceptors (Lipinski definition) is 4. The Balaban J connectivity index is 1.67. The highest BCUT2D eigenvalue weighted by molar-refractivity contribution is 5.78. The average molecular weight is 280 g/mol. The molecule has 1 unspecified atom stereocenters. The molecule has 112 valence electrons. The van der Waals surface area contributed by atoms with E-state index in [9.17, 15) is 4.79 Å². The van der Waals surface area contributed by atoms with Crippen molar-refractivity contribution < 1.29 is 14.1 Å². The molecule has 1 aromatic rings. The van der Waals surface area contributed by atoms with E-state index in [1.54, 1.807) is 0 Å². The molecule has 1 aliphatic heterocycles. The molecular weight excluding hydrogens is 256 g/mol. The largest absolute Gasteiger partial charge is 0.381 e. The minimum atomic E-state index is 0.00491. The standard InChI is InChI=1S/C15H24N2O3/c1-2-3-4-5-14-8-13(17-20-14)9-15(18)16-10-12-6-7-19-11-12/h8,12H,2-7,9-11H2,1H3,(H,16,18). The highest BCUT2D eigenvalue weighted by Gasteiger charge is 2.17. The fraction of sp³-hybridized carbons (Fsp3) is 0.733. The van der Waals surface area contributed by atoms with E-state index in [1.807, 2.05) is 6.07 Å². The van der Waals surface area contributed by atoms with Crippen LogP contribution in [0.2, 0.25) is 0 Å². The topological polar surface area (TPSA) is 64.4 Å². The van der Waals surface area contributed by atoms with Gasteiger partial charge in [-0.1, -0.05) is 24.9 Å². The first-order valence-electron chi connectivity index (χ1n) is 7.57. The van der Waals surface area contributed by atoms with Crippen molar-refractivity contribution in [2.45, 2.75) is 45.4 Å². The van der Waals surface area contributed by atoms with Crippen LogP contribution >= 0.6 is 0 Å². The summed E-state index contributed by atoms with van der Waals surface area (Å²) in [5, 5.41) is 6.89. The molecule has 1 saturated heterocycles. The van der Waals surface area contributed by atoms with Gasteiger partial charge in [0.05, 0.1) is 18.7 Å². The molecule has 1 amide bonds. The van der Waals surface area contributed by atoms with Crippen molar-refractivity contribution in [2.75, 3.05) is 19.8 Å². The predicted octanol–water partition coefficient (Wildman–Crippen LogP) is 2.10. The number of ether oxygens (including phenoxy) is 1. The summed E-state index contributed by atoms with van der Waals surface area (Å²) < 4.78 is 10.5. The summed E-state index contributed by atoms with van der Waals surface area (Å²) in [4.78, 5) is 11.8. The molecule has 1 aliphatic rings. The second kappa shape index (κ2) is 8.04. The lowest BCUT2D eigenvalue weighted by atomic mass is 10.1. The molecule has 2 heterocycles. The van der Waals surface area contributed by atoms with Crippen LogP contribution in [-0.4, -0.2) is 30.8 Å². The van der Waals surface area contributed by atoms with Crippen LogP contribution in [-0.2, 0) is 22.4 Å². The van der Waals surface area contributed by atoms with Gasteiger partial charge in [-0.25, -0.2) is 0 Å². The molecule has 0 aromatic carbocycles. The molecule has 1 fully saturated rings. The minimum absolute atomic E-state index is 0.00491. The second-order valence-electron chi connectivity index (χ2n) is 5.45. The fourth-order valence-corrected chi connectivity index (χ4v) is 2.34. The zero-order valence-electron chi connectivity index (χ0n) is 12.2. The van der Waals surface area contributed by atoms with Crippen molar-refractivity contribution in [1.29, 1.82) is 0 Å². The van der Waals surface area contributed by atoms with Gasteiger partial charge in [0.15, 0.2) is 0 Å². The summed E-state index contributed by atoms with van der Waals surface area (Å²) in [7, 11) is 0. The maximum atomic E-state index is 11.8. The summed E-state index contributed by atoms with van der Waals surface area (Å²) in [5.74, 6) is 1.34. The number of aryl methyl sites for hydroxylation is 1. The Labute approximate surface area is 120 Å². The molecule has 1 N–H and O–H groups in total. The summed E-state index contributed by atoms with van der Waals surface area (Å²) in [6, 6.07) is 1.90. The van der Waals surface area contributed by atoms with Crippen molar-refractivity contribution in [3.8, 4) is 0 Å². The van der Waals surface area contributed by atoms with Gasteiger partial charge in [-0.05, 0) is 12.8 Å². The van der Waals surface area contributed by atoms with E-state index in [1.165, 1.54) is 12.8 Å². The predicted molar refractivity (Wildman–Crippen MR) is 75.4 cm³/mol. The van der Waals surface area contributed by atoms with Crippen molar-refractivity contribution >= 4 is 5.91 Å². The smallest absolute Gasteiger partial charge is 0.226 e. The van der Waals surface area contributed by atoms with Gasteiger partial charge in [-0.15, -0.1) is 0 Å². The zero-order chi connectivity index (χ0) is 14.2. The van der Waals surface area contributed by atoms with Crippen molar-refractivity contribution in [3.05, 3.63) is 17.5 Å². The van der Waals surface area contributed by atoms with Gasteiger partial charge in [0.2, 0.25) is 5.91 Å². The molecule has 5 nitrogen and oxygen atoms in total. The molecule has 0 saturated carbocycles. The fourth-order valence-electron chi connectivity index (χ4n) is 2.34. The van der Waals surface area contributed by atoms with Crippen molar-refractivity contribution in [3.63, 3.8) is 0 Å². The van der Waals surface area contributed by atoms with Crippen molar-refractivity contribution in [2.24, 2.45) is 5.92 Å². The lowest BCUT2D eigenvalue weighted by molar-refractivity contribution is -0.120. The monoisotopic (exact) mass is 280 g/mol. The lowest BCUT2D eigenvalue weighted by Crippen LogP contribution is -2.30. The van der Waals surface area contributed by atoms with Crippen molar-refractivity contribution in [1.82, 2.24) is 10.5 Å². The van der Waals surface area contributed by atoms with Gasteiger partial charge >= 0.3 is 0 Å². The molecule has 20 heavy (non-hydrogen) atoms. The third-order valence-electron chi connectivity index (χ3n) is 3.59. The van der Waals surface area contributed by atoms with Crippen LogP contribution in [0.3, 0.4) is 0 Å². The van der Waals surface area contributed by atoms with Crippen LogP contribution in [0.1, 0.15) is 44.1 Å². The Morgan fingerprint density at radius 2 is 2.40 bits per heavy atom. The number of carbonyl (C=O) groups excluding carboxylic acids is 1. The van der Waals surface area contributed by atoms with Crippen LogP contribution in [0, 0.1) is 5.92 Å². The van der Waals surface area contributed by atoms with Gasteiger partial charge in [0.25, 0.3) is 0 Å². The van der Waals surface area contributed by atoms with Crippen LogP contribution in [0.5, 0.6) is 0 Å². The Hall–Kier alpha value is -1.36. The van der Waals surface area contributed by atoms with E-state index in [2.05, 4.69) is 17.4 Å². The van der Waals surface area contributed by atoms with Gasteiger partial charge in [-0.2, -0.15) is 0 Å². The average Bonchev–Trinajstić information content (AvgIpc) is 3.08. The van der Waals surface area contributed by atoms with Gasteiger partial charge in [0.1, 0.15) is 5.76 Å². The molecule has 5 heteroatoms. The summed E-state index contributed by atoms with van der Waals surface area (Å²) in [5.41, 5.74) is 0.719. The number of amides is 1. The molecule has 1 atom stereocenters. The van der Waals surface area contributed by atoms with E-state index in [0.717, 1.165) is 43.9 Å². The molecule has 1 aromatic heterocycles. The van der Waals surface area contributed by atoms with Crippen LogP contribution in [0.25, 0.3) is 0 Å². The Morgan fingerprint density at radius 1 is 1.50 bits per heavy atom. The molecular formula is C15H24N2O3. The number of rotatable bonds is 8. The Kier molecular flexibility index (Phi) is 6.05. The second-order valence-corrected chi connectivity index (χ2v) is 5.45. The summed E-state index contributed by atoms with van der Waals surface area (Å²) in [6.45, 7) is 4.43. The number of hydrogen-bond donors (Lipinski definition) is 1. The first-order valence-corrected chi connectivity index (χ1v) is 7.57. The van der Waals surface area contributed by atoms with E-state index in [0.29, 0.717) is 18.9 Å². The Morgan fingerprint density at radius 3 is 3.15 bits per heavy atom. The van der Waals surface area contributed by atoms with Crippen LogP contribution in [0.15, 0.2) is 10.6 Å². The van der Waals surface area contributed by atoms with E-state index >= 15 is 0 Å². The number of nitrogens with one attached hydrogen (secondary N) is 1. The van der Waals surface area contributed by atoms with Gasteiger partial charge < -0.3 is 14.6 Å². The normalized spacial score (nSPS) is 18.4. The van der Waals surface area contributed by atoms with Crippen LogP contribution in [0.4, 0.5) is 0 Å². The van der Waals surface area contributed by atoms with Crippen LogP contribution < -0.4 is 5.32 Å². The first-order chi connectivity index (χ1) is 9.78. The van der Waals surface area contributed by atoms with Gasteiger partial charge in [-0.3, -0.25) is 4.79 Å². The maximum Gasteiger partial charge on any atom is 0.226 e. The zero-order valence-corrected chi connectivity index (χ0v) is 12.2. The summed E-state index contributed by atoms with van der Waals surface area (Å²) in [6.07, 6.45) is 5.73. The van der Waals surface area contributed by atoms with E-state index < -0.39 is 0 Å². The maximum absolute atomic E-state index is 11.8. The quantitative estimate of drug-likeness (QED) is 0.741. The number of aromatic nitrogens is 1. The first kappa shape index (κ1) is 15.0. The highest BCUT2D eigenvalue weighted by atomic mass is 16.5. The highest BCUT2D eigenvalue weighted by Crippen LogP contribution is 2.11.